The van der Waals surface area contributed by atoms with Crippen LogP contribution in [0, 0.1) is 35.3 Å². The van der Waals surface area contributed by atoms with E-state index in [0.29, 0.717) is 22.9 Å². The van der Waals surface area contributed by atoms with Crippen molar-refractivity contribution in [2.75, 3.05) is 0 Å². The molecule has 0 radical (unpaired) electrons. The van der Waals surface area contributed by atoms with E-state index in [1.165, 1.54) is 12.1 Å². The van der Waals surface area contributed by atoms with Crippen molar-refractivity contribution in [3.05, 3.63) is 46.5 Å². The Morgan fingerprint density at radius 2 is 1.82 bits per heavy atom. The maximum atomic E-state index is 14.0. The first-order valence-corrected chi connectivity index (χ1v) is 8.22. The van der Waals surface area contributed by atoms with Gasteiger partial charge in [0.15, 0.2) is 0 Å². The Kier molecular flexibility index (Phi) is 6.03. The zero-order chi connectivity index (χ0) is 16.1. The van der Waals surface area contributed by atoms with E-state index in [1.54, 1.807) is 0 Å². The number of aryl methyl sites for hydroxylation is 1. The second-order valence-electron chi connectivity index (χ2n) is 5.95. The third-order valence-corrected chi connectivity index (χ3v) is 4.52. The zero-order valence-electron chi connectivity index (χ0n) is 12.9. The van der Waals surface area contributed by atoms with Crippen molar-refractivity contribution in [2.24, 2.45) is 11.8 Å². The minimum Gasteiger partial charge on any atom is -0.206 e. The molecule has 118 valence electrons. The highest BCUT2D eigenvalue weighted by atomic mass is 35.5. The largest absolute Gasteiger partial charge is 0.206 e. The van der Waals surface area contributed by atoms with Crippen LogP contribution in [0.4, 0.5) is 8.78 Å². The van der Waals surface area contributed by atoms with E-state index in [2.05, 4.69) is 18.4 Å². The molecule has 2 rings (SSSR count). The summed E-state index contributed by atoms with van der Waals surface area (Å²) < 4.78 is 28.0. The van der Waals surface area contributed by atoms with Gasteiger partial charge in [-0.15, -0.1) is 0 Å². The molecule has 0 saturated heterocycles. The molecule has 1 fully saturated rings. The summed E-state index contributed by atoms with van der Waals surface area (Å²) in [4.78, 5) is 0. The van der Waals surface area contributed by atoms with Gasteiger partial charge in [-0.05, 0) is 55.7 Å². The SMILES string of the molecule is C=C(Cl)C1CCC(C#Cc2c(F)cc(CCC)cc2F)CC1. The maximum Gasteiger partial charge on any atom is 0.142 e. The van der Waals surface area contributed by atoms with Crippen LogP contribution in [-0.2, 0) is 6.42 Å². The van der Waals surface area contributed by atoms with Crippen LogP contribution in [0.1, 0.15) is 50.2 Å². The van der Waals surface area contributed by atoms with E-state index in [0.717, 1.165) is 32.1 Å². The lowest BCUT2D eigenvalue weighted by Gasteiger charge is -2.24. The molecule has 3 heteroatoms. The highest BCUT2D eigenvalue weighted by molar-refractivity contribution is 6.29. The lowest BCUT2D eigenvalue weighted by molar-refractivity contribution is 0.361. The molecular weight excluding hydrogens is 302 g/mol. The number of allylic oxidation sites excluding steroid dienone is 1. The number of hydrogen-bond donors (Lipinski definition) is 0. The minimum atomic E-state index is -0.557. The van der Waals surface area contributed by atoms with Crippen molar-refractivity contribution in [2.45, 2.75) is 45.4 Å². The summed E-state index contributed by atoms with van der Waals surface area (Å²) in [6, 6.07) is 2.79. The molecule has 0 amide bonds. The molecule has 0 heterocycles. The fraction of sp³-hybridized carbons (Fsp3) is 0.474. The average molecular weight is 323 g/mol. The Labute approximate surface area is 136 Å². The lowest BCUT2D eigenvalue weighted by atomic mass is 9.82. The van der Waals surface area contributed by atoms with E-state index in [1.807, 2.05) is 6.92 Å². The first-order valence-electron chi connectivity index (χ1n) is 7.85. The van der Waals surface area contributed by atoms with Crippen LogP contribution < -0.4 is 0 Å². The monoisotopic (exact) mass is 322 g/mol. The second kappa shape index (κ2) is 7.79. The van der Waals surface area contributed by atoms with Crippen LogP contribution in [-0.4, -0.2) is 0 Å². The summed E-state index contributed by atoms with van der Waals surface area (Å²) in [7, 11) is 0. The first kappa shape index (κ1) is 17.0. The van der Waals surface area contributed by atoms with Crippen LogP contribution >= 0.6 is 11.6 Å². The molecule has 0 atom stereocenters. The van der Waals surface area contributed by atoms with Gasteiger partial charge in [-0.2, -0.15) is 0 Å². The Balaban J connectivity index is 2.08. The normalized spacial score (nSPS) is 21.1. The molecule has 0 N–H and O–H groups in total. The highest BCUT2D eigenvalue weighted by Gasteiger charge is 2.21. The Hall–Kier alpha value is -1.33. The molecule has 1 aromatic rings. The molecule has 0 spiro atoms. The van der Waals surface area contributed by atoms with E-state index in [4.69, 9.17) is 11.6 Å². The third-order valence-electron chi connectivity index (χ3n) is 4.21. The summed E-state index contributed by atoms with van der Waals surface area (Å²) in [5.41, 5.74) is 0.577. The summed E-state index contributed by atoms with van der Waals surface area (Å²) in [5, 5.41) is 0.704. The standard InChI is InChI=1S/C19H21ClF2/c1-3-4-15-11-18(21)17(19(22)12-15)10-7-14-5-8-16(9-6-14)13(2)20/h11-12,14,16H,2-6,8-9H2,1H3. The zero-order valence-corrected chi connectivity index (χ0v) is 13.6. The van der Waals surface area contributed by atoms with Crippen LogP contribution in [0.15, 0.2) is 23.7 Å². The first-order chi connectivity index (χ1) is 10.5. The molecule has 1 saturated carbocycles. The van der Waals surface area contributed by atoms with Crippen molar-refractivity contribution >= 4 is 11.6 Å². The fourth-order valence-electron chi connectivity index (χ4n) is 2.90. The molecule has 22 heavy (non-hydrogen) atoms. The third kappa shape index (κ3) is 4.34. The van der Waals surface area contributed by atoms with E-state index < -0.39 is 11.6 Å². The van der Waals surface area contributed by atoms with Gasteiger partial charge in [0.05, 0.1) is 5.56 Å². The van der Waals surface area contributed by atoms with Gasteiger partial charge in [0.25, 0.3) is 0 Å². The summed E-state index contributed by atoms with van der Waals surface area (Å²) >= 11 is 5.93. The Morgan fingerprint density at radius 3 is 2.32 bits per heavy atom. The predicted molar refractivity (Wildman–Crippen MR) is 87.7 cm³/mol. The van der Waals surface area contributed by atoms with Gasteiger partial charge >= 0.3 is 0 Å². The molecule has 0 aromatic heterocycles. The summed E-state index contributed by atoms with van der Waals surface area (Å²) in [6.45, 7) is 5.76. The fourth-order valence-corrected chi connectivity index (χ4v) is 3.12. The van der Waals surface area contributed by atoms with E-state index in [-0.39, 0.29) is 11.5 Å². The van der Waals surface area contributed by atoms with Crippen LogP contribution in [0.25, 0.3) is 0 Å². The van der Waals surface area contributed by atoms with Crippen LogP contribution in [0.3, 0.4) is 0 Å². The van der Waals surface area contributed by atoms with Crippen molar-refractivity contribution in [1.29, 1.82) is 0 Å². The number of hydrogen-bond acceptors (Lipinski definition) is 0. The molecule has 0 bridgehead atoms. The molecule has 1 aliphatic carbocycles. The summed E-state index contributed by atoms with van der Waals surface area (Å²) in [5.74, 6) is 5.15. The van der Waals surface area contributed by atoms with Gasteiger partial charge in [0, 0.05) is 11.0 Å². The highest BCUT2D eigenvalue weighted by Crippen LogP contribution is 2.33. The van der Waals surface area contributed by atoms with Gasteiger partial charge in [-0.3, -0.25) is 0 Å². The van der Waals surface area contributed by atoms with Crippen molar-refractivity contribution in [3.63, 3.8) is 0 Å². The van der Waals surface area contributed by atoms with E-state index in [9.17, 15) is 8.78 Å². The summed E-state index contributed by atoms with van der Waals surface area (Å²) in [6.07, 6.45) is 5.23. The van der Waals surface area contributed by atoms with Crippen LogP contribution in [0.5, 0.6) is 0 Å². The van der Waals surface area contributed by atoms with Crippen molar-refractivity contribution in [1.82, 2.24) is 0 Å². The molecule has 0 unspecified atom stereocenters. The Morgan fingerprint density at radius 1 is 1.23 bits per heavy atom. The molecule has 1 aromatic carbocycles. The van der Waals surface area contributed by atoms with Gasteiger partial charge in [0.1, 0.15) is 11.6 Å². The number of benzene rings is 1. The van der Waals surface area contributed by atoms with Gasteiger partial charge in [0.2, 0.25) is 0 Å². The minimum absolute atomic E-state index is 0.108. The van der Waals surface area contributed by atoms with Crippen molar-refractivity contribution < 1.29 is 8.78 Å². The molecule has 0 nitrogen and oxygen atoms in total. The van der Waals surface area contributed by atoms with Gasteiger partial charge in [-0.1, -0.05) is 43.4 Å². The van der Waals surface area contributed by atoms with Gasteiger partial charge < -0.3 is 0 Å². The van der Waals surface area contributed by atoms with Crippen LogP contribution in [0.2, 0.25) is 0 Å². The van der Waals surface area contributed by atoms with E-state index >= 15 is 0 Å². The molecule has 0 aliphatic heterocycles. The quantitative estimate of drug-likeness (QED) is 0.614. The predicted octanol–water partition coefficient (Wildman–Crippen LogP) is 5.83. The maximum absolute atomic E-state index is 14.0. The van der Waals surface area contributed by atoms with Gasteiger partial charge in [-0.25, -0.2) is 8.78 Å². The second-order valence-corrected chi connectivity index (χ2v) is 6.43. The lowest BCUT2D eigenvalue weighted by Crippen LogP contribution is -2.13. The van der Waals surface area contributed by atoms with Crippen molar-refractivity contribution in [3.8, 4) is 11.8 Å². The topological polar surface area (TPSA) is 0 Å². The molecular formula is C19H21ClF2. The smallest absolute Gasteiger partial charge is 0.142 e. The average Bonchev–Trinajstić information content (AvgIpc) is 2.47. The Bertz CT molecular complexity index is 579. The number of halogens is 3. The molecule has 1 aliphatic rings. The number of rotatable bonds is 3.